The van der Waals surface area contributed by atoms with Gasteiger partial charge in [0.25, 0.3) is 0 Å². The highest BCUT2D eigenvalue weighted by Gasteiger charge is 2.08. The zero-order chi connectivity index (χ0) is 15.4. The Morgan fingerprint density at radius 1 is 1.00 bits per heavy atom. The van der Waals surface area contributed by atoms with Crippen LogP contribution in [0.3, 0.4) is 0 Å². The molecule has 0 bridgehead atoms. The number of amides is 1. The van der Waals surface area contributed by atoms with Gasteiger partial charge in [-0.1, -0.05) is 33.1 Å². The van der Waals surface area contributed by atoms with Gasteiger partial charge in [0.15, 0.2) is 0 Å². The predicted molar refractivity (Wildman–Crippen MR) is 85.9 cm³/mol. The Morgan fingerprint density at radius 3 is 2.20 bits per heavy atom. The molecular formula is C17H35NO2. The third-order valence-corrected chi connectivity index (χ3v) is 3.45. The summed E-state index contributed by atoms with van der Waals surface area (Å²) in [5, 5.41) is 0. The number of hydrogen-bond acceptors (Lipinski definition) is 2. The average molecular weight is 285 g/mol. The monoisotopic (exact) mass is 285 g/mol. The molecule has 0 saturated carbocycles. The summed E-state index contributed by atoms with van der Waals surface area (Å²) in [6, 6.07) is 0. The lowest BCUT2D eigenvalue weighted by atomic mass is 10.1. The van der Waals surface area contributed by atoms with E-state index >= 15 is 0 Å². The first-order chi connectivity index (χ1) is 9.43. The second kappa shape index (κ2) is 12.2. The van der Waals surface area contributed by atoms with E-state index < -0.39 is 0 Å². The molecule has 0 aliphatic carbocycles. The van der Waals surface area contributed by atoms with Gasteiger partial charge in [0.1, 0.15) is 0 Å². The van der Waals surface area contributed by atoms with Crippen molar-refractivity contribution in [3.05, 3.63) is 0 Å². The molecule has 0 unspecified atom stereocenters. The summed E-state index contributed by atoms with van der Waals surface area (Å²) in [5.41, 5.74) is 0. The molecule has 0 rings (SSSR count). The average Bonchev–Trinajstić information content (AvgIpc) is 2.38. The van der Waals surface area contributed by atoms with Crippen LogP contribution in [0.5, 0.6) is 0 Å². The first-order valence-corrected chi connectivity index (χ1v) is 8.29. The first kappa shape index (κ1) is 19.4. The van der Waals surface area contributed by atoms with Crippen molar-refractivity contribution in [2.45, 2.75) is 78.7 Å². The van der Waals surface area contributed by atoms with Crippen molar-refractivity contribution in [1.82, 2.24) is 4.90 Å². The van der Waals surface area contributed by atoms with Crippen molar-refractivity contribution in [3.8, 4) is 0 Å². The standard InChI is InChI=1S/C17H35NO2/c1-15(2)11-12-17(19)18(5)13-9-7-6-8-10-14-20-16(3)4/h15-16H,6-14H2,1-5H3. The van der Waals surface area contributed by atoms with E-state index in [2.05, 4.69) is 27.7 Å². The van der Waals surface area contributed by atoms with Gasteiger partial charge in [-0.3, -0.25) is 4.79 Å². The number of nitrogens with zero attached hydrogens (tertiary/aromatic N) is 1. The molecule has 0 fully saturated rings. The minimum atomic E-state index is 0.295. The van der Waals surface area contributed by atoms with Crippen LogP contribution >= 0.6 is 0 Å². The molecule has 120 valence electrons. The number of unbranched alkanes of at least 4 members (excludes halogenated alkanes) is 4. The third kappa shape index (κ3) is 12.5. The molecule has 3 nitrogen and oxygen atoms in total. The van der Waals surface area contributed by atoms with E-state index in [0.717, 1.165) is 32.4 Å². The van der Waals surface area contributed by atoms with E-state index in [9.17, 15) is 4.79 Å². The van der Waals surface area contributed by atoms with Gasteiger partial charge < -0.3 is 9.64 Å². The lowest BCUT2D eigenvalue weighted by Crippen LogP contribution is -2.27. The summed E-state index contributed by atoms with van der Waals surface area (Å²) in [5.74, 6) is 0.907. The molecule has 0 heterocycles. The fourth-order valence-electron chi connectivity index (χ4n) is 2.03. The molecular weight excluding hydrogens is 250 g/mol. The number of rotatable bonds is 12. The molecule has 0 saturated heterocycles. The summed E-state index contributed by atoms with van der Waals surface area (Å²) >= 11 is 0. The van der Waals surface area contributed by atoms with E-state index in [4.69, 9.17) is 4.74 Å². The number of carbonyl (C=O) groups is 1. The number of ether oxygens (including phenoxy) is 1. The molecule has 0 radical (unpaired) electrons. The predicted octanol–water partition coefficient (Wildman–Crippen LogP) is 4.26. The van der Waals surface area contributed by atoms with E-state index in [1.807, 2.05) is 11.9 Å². The molecule has 0 N–H and O–H groups in total. The summed E-state index contributed by atoms with van der Waals surface area (Å²) in [4.78, 5) is 13.7. The van der Waals surface area contributed by atoms with Gasteiger partial charge in [0.05, 0.1) is 6.10 Å². The topological polar surface area (TPSA) is 29.5 Å². The quantitative estimate of drug-likeness (QED) is 0.501. The van der Waals surface area contributed by atoms with E-state index in [1.54, 1.807) is 0 Å². The van der Waals surface area contributed by atoms with Gasteiger partial charge in [0, 0.05) is 26.6 Å². The lowest BCUT2D eigenvalue weighted by molar-refractivity contribution is -0.130. The highest BCUT2D eigenvalue weighted by Crippen LogP contribution is 2.08. The molecule has 0 aliphatic heterocycles. The van der Waals surface area contributed by atoms with Gasteiger partial charge in [-0.05, 0) is 39.0 Å². The first-order valence-electron chi connectivity index (χ1n) is 8.29. The summed E-state index contributed by atoms with van der Waals surface area (Å²) in [7, 11) is 1.93. The Labute approximate surface area is 126 Å². The van der Waals surface area contributed by atoms with Crippen molar-refractivity contribution >= 4 is 5.91 Å². The molecule has 0 spiro atoms. The van der Waals surface area contributed by atoms with Crippen molar-refractivity contribution < 1.29 is 9.53 Å². The maximum Gasteiger partial charge on any atom is 0.222 e. The molecule has 0 atom stereocenters. The molecule has 0 aromatic heterocycles. The Morgan fingerprint density at radius 2 is 1.60 bits per heavy atom. The second-order valence-electron chi connectivity index (χ2n) is 6.44. The zero-order valence-electron chi connectivity index (χ0n) is 14.3. The van der Waals surface area contributed by atoms with Crippen LogP contribution in [0.15, 0.2) is 0 Å². The summed E-state index contributed by atoms with van der Waals surface area (Å²) in [6.45, 7) is 10.3. The lowest BCUT2D eigenvalue weighted by Gasteiger charge is -2.17. The highest BCUT2D eigenvalue weighted by atomic mass is 16.5. The van der Waals surface area contributed by atoms with Crippen LogP contribution in [-0.4, -0.2) is 37.1 Å². The minimum Gasteiger partial charge on any atom is -0.379 e. The van der Waals surface area contributed by atoms with Gasteiger partial charge in [0.2, 0.25) is 5.91 Å². The second-order valence-corrected chi connectivity index (χ2v) is 6.44. The third-order valence-electron chi connectivity index (χ3n) is 3.45. The van der Waals surface area contributed by atoms with Gasteiger partial charge >= 0.3 is 0 Å². The minimum absolute atomic E-state index is 0.295. The smallest absolute Gasteiger partial charge is 0.222 e. The van der Waals surface area contributed by atoms with E-state index in [-0.39, 0.29) is 0 Å². The van der Waals surface area contributed by atoms with E-state index in [0.29, 0.717) is 24.3 Å². The van der Waals surface area contributed by atoms with E-state index in [1.165, 1.54) is 19.3 Å². The van der Waals surface area contributed by atoms with Crippen LogP contribution in [0.25, 0.3) is 0 Å². The van der Waals surface area contributed by atoms with Crippen molar-refractivity contribution in [2.24, 2.45) is 5.92 Å². The fourth-order valence-corrected chi connectivity index (χ4v) is 2.03. The van der Waals surface area contributed by atoms with Crippen LogP contribution in [0.1, 0.15) is 72.6 Å². The molecule has 0 aromatic carbocycles. The Kier molecular flexibility index (Phi) is 11.8. The summed E-state index contributed by atoms with van der Waals surface area (Å²) in [6.07, 6.45) is 8.01. The van der Waals surface area contributed by atoms with Crippen LogP contribution in [0.2, 0.25) is 0 Å². The zero-order valence-corrected chi connectivity index (χ0v) is 14.3. The maximum atomic E-state index is 11.8. The molecule has 0 aromatic rings. The van der Waals surface area contributed by atoms with Crippen LogP contribution < -0.4 is 0 Å². The molecule has 3 heteroatoms. The fraction of sp³-hybridized carbons (Fsp3) is 0.941. The number of carbonyl (C=O) groups excluding carboxylic acids is 1. The van der Waals surface area contributed by atoms with Gasteiger partial charge in [-0.25, -0.2) is 0 Å². The Hall–Kier alpha value is -0.570. The highest BCUT2D eigenvalue weighted by molar-refractivity contribution is 5.75. The number of hydrogen-bond donors (Lipinski definition) is 0. The van der Waals surface area contributed by atoms with Crippen molar-refractivity contribution in [3.63, 3.8) is 0 Å². The summed E-state index contributed by atoms with van der Waals surface area (Å²) < 4.78 is 5.51. The molecule has 0 aliphatic rings. The van der Waals surface area contributed by atoms with Gasteiger partial charge in [-0.15, -0.1) is 0 Å². The molecule has 20 heavy (non-hydrogen) atoms. The Balaban J connectivity index is 3.38. The van der Waals surface area contributed by atoms with Crippen LogP contribution in [-0.2, 0) is 9.53 Å². The molecule has 1 amide bonds. The van der Waals surface area contributed by atoms with Crippen molar-refractivity contribution in [2.75, 3.05) is 20.2 Å². The maximum absolute atomic E-state index is 11.8. The van der Waals surface area contributed by atoms with Gasteiger partial charge in [-0.2, -0.15) is 0 Å². The van der Waals surface area contributed by atoms with Crippen LogP contribution in [0.4, 0.5) is 0 Å². The van der Waals surface area contributed by atoms with Crippen molar-refractivity contribution in [1.29, 1.82) is 0 Å². The normalized spacial score (nSPS) is 11.3. The SMILES string of the molecule is CC(C)CCC(=O)N(C)CCCCCCCOC(C)C. The largest absolute Gasteiger partial charge is 0.379 e. The Bertz CT molecular complexity index is 239. The van der Waals surface area contributed by atoms with Crippen LogP contribution in [0, 0.1) is 5.92 Å².